The third-order valence-corrected chi connectivity index (χ3v) is 3.41. The first-order chi connectivity index (χ1) is 8.66. The second kappa shape index (κ2) is 7.73. The van der Waals surface area contributed by atoms with Crippen LogP contribution in [0.4, 0.5) is 0 Å². The minimum atomic E-state index is 0. The third-order valence-electron chi connectivity index (χ3n) is 3.41. The van der Waals surface area contributed by atoms with Gasteiger partial charge < -0.3 is 15.2 Å². The van der Waals surface area contributed by atoms with Gasteiger partial charge in [-0.3, -0.25) is 0 Å². The van der Waals surface area contributed by atoms with Gasteiger partial charge in [0, 0.05) is 19.3 Å². The monoisotopic (exact) mass is 285 g/mol. The summed E-state index contributed by atoms with van der Waals surface area (Å²) >= 11 is 0. The highest BCUT2D eigenvalue weighted by molar-refractivity contribution is 5.85. The summed E-state index contributed by atoms with van der Waals surface area (Å²) in [6.45, 7) is 5.74. The molecule has 1 aliphatic heterocycles. The molecule has 0 aliphatic carbocycles. The SMILES string of the molecule is CC(C)Oc1ccc([C@H](N)C2CCOCC2)cc1.Cl. The zero-order valence-electron chi connectivity index (χ0n) is 11.7. The van der Waals surface area contributed by atoms with Gasteiger partial charge in [-0.1, -0.05) is 12.1 Å². The van der Waals surface area contributed by atoms with E-state index in [4.69, 9.17) is 15.2 Å². The maximum Gasteiger partial charge on any atom is 0.119 e. The molecule has 0 amide bonds. The molecule has 2 N–H and O–H groups in total. The predicted octanol–water partition coefficient (Wildman–Crippen LogP) is 3.32. The van der Waals surface area contributed by atoms with E-state index < -0.39 is 0 Å². The smallest absolute Gasteiger partial charge is 0.119 e. The zero-order chi connectivity index (χ0) is 13.0. The standard InChI is InChI=1S/C15H23NO2.ClH/c1-11(2)18-14-5-3-12(4-6-14)15(16)13-7-9-17-10-8-13;/h3-6,11,13,15H,7-10,16H2,1-2H3;1H/t15-;/m0./s1. The quantitative estimate of drug-likeness (QED) is 0.923. The Bertz CT molecular complexity index is 361. The van der Waals surface area contributed by atoms with Gasteiger partial charge >= 0.3 is 0 Å². The molecule has 1 aromatic rings. The molecule has 1 fully saturated rings. The normalized spacial score (nSPS) is 17.9. The number of halogens is 1. The van der Waals surface area contributed by atoms with Gasteiger partial charge in [0.1, 0.15) is 5.75 Å². The van der Waals surface area contributed by atoms with Crippen LogP contribution >= 0.6 is 12.4 Å². The van der Waals surface area contributed by atoms with Crippen molar-refractivity contribution in [3.8, 4) is 5.75 Å². The van der Waals surface area contributed by atoms with Crippen molar-refractivity contribution >= 4 is 12.4 Å². The van der Waals surface area contributed by atoms with E-state index in [1.807, 2.05) is 26.0 Å². The van der Waals surface area contributed by atoms with Crippen LogP contribution in [0, 0.1) is 5.92 Å². The highest BCUT2D eigenvalue weighted by atomic mass is 35.5. The van der Waals surface area contributed by atoms with Gasteiger partial charge in [-0.2, -0.15) is 0 Å². The summed E-state index contributed by atoms with van der Waals surface area (Å²) in [6.07, 6.45) is 2.33. The van der Waals surface area contributed by atoms with Gasteiger partial charge in [-0.15, -0.1) is 12.4 Å². The molecule has 1 aliphatic rings. The molecule has 1 heterocycles. The van der Waals surface area contributed by atoms with Crippen LogP contribution in [0.1, 0.15) is 38.3 Å². The van der Waals surface area contributed by atoms with Crippen molar-refractivity contribution in [1.29, 1.82) is 0 Å². The summed E-state index contributed by atoms with van der Waals surface area (Å²) in [5, 5.41) is 0. The number of hydrogen-bond donors (Lipinski definition) is 1. The van der Waals surface area contributed by atoms with E-state index in [1.165, 1.54) is 5.56 Å². The van der Waals surface area contributed by atoms with Crippen LogP contribution in [0.25, 0.3) is 0 Å². The molecule has 0 radical (unpaired) electrons. The van der Waals surface area contributed by atoms with E-state index >= 15 is 0 Å². The first-order valence-electron chi connectivity index (χ1n) is 6.77. The van der Waals surface area contributed by atoms with Crippen molar-refractivity contribution in [3.05, 3.63) is 29.8 Å². The molecule has 19 heavy (non-hydrogen) atoms. The van der Waals surface area contributed by atoms with Crippen LogP contribution in [-0.2, 0) is 4.74 Å². The topological polar surface area (TPSA) is 44.5 Å². The number of benzene rings is 1. The van der Waals surface area contributed by atoms with Crippen molar-refractivity contribution in [2.75, 3.05) is 13.2 Å². The van der Waals surface area contributed by atoms with E-state index in [-0.39, 0.29) is 24.6 Å². The highest BCUT2D eigenvalue weighted by Crippen LogP contribution is 2.29. The molecule has 1 aromatic carbocycles. The van der Waals surface area contributed by atoms with Crippen molar-refractivity contribution in [2.45, 2.75) is 38.8 Å². The third kappa shape index (κ3) is 4.68. The lowest BCUT2D eigenvalue weighted by molar-refractivity contribution is 0.0583. The minimum Gasteiger partial charge on any atom is -0.491 e. The highest BCUT2D eigenvalue weighted by Gasteiger charge is 2.22. The summed E-state index contributed by atoms with van der Waals surface area (Å²) in [5.74, 6) is 1.45. The Labute approximate surface area is 121 Å². The molecule has 1 saturated heterocycles. The summed E-state index contributed by atoms with van der Waals surface area (Å²) in [5.41, 5.74) is 7.52. The predicted molar refractivity (Wildman–Crippen MR) is 79.9 cm³/mol. The van der Waals surface area contributed by atoms with Gasteiger partial charge in [-0.25, -0.2) is 0 Å². The molecule has 0 spiro atoms. The molecule has 2 rings (SSSR count). The Kier molecular flexibility index (Phi) is 6.63. The molecule has 1 atom stereocenters. The molecule has 0 unspecified atom stereocenters. The fourth-order valence-corrected chi connectivity index (χ4v) is 2.39. The maximum absolute atomic E-state index is 6.32. The molecular formula is C15H24ClNO2. The van der Waals surface area contributed by atoms with E-state index in [9.17, 15) is 0 Å². The van der Waals surface area contributed by atoms with E-state index in [2.05, 4.69) is 12.1 Å². The van der Waals surface area contributed by atoms with Gasteiger partial charge in [0.2, 0.25) is 0 Å². The van der Waals surface area contributed by atoms with Crippen molar-refractivity contribution in [1.82, 2.24) is 0 Å². The second-order valence-electron chi connectivity index (χ2n) is 5.21. The number of hydrogen-bond acceptors (Lipinski definition) is 3. The first-order valence-corrected chi connectivity index (χ1v) is 6.77. The van der Waals surface area contributed by atoms with Crippen molar-refractivity contribution in [2.24, 2.45) is 11.7 Å². The molecule has 0 aromatic heterocycles. The first kappa shape index (κ1) is 16.3. The molecule has 108 valence electrons. The molecule has 3 nitrogen and oxygen atoms in total. The number of ether oxygens (including phenoxy) is 2. The Morgan fingerprint density at radius 1 is 1.16 bits per heavy atom. The summed E-state index contributed by atoms with van der Waals surface area (Å²) in [6, 6.07) is 8.29. The number of rotatable bonds is 4. The Hall–Kier alpha value is -0.770. The van der Waals surface area contributed by atoms with Gasteiger partial charge in [0.15, 0.2) is 0 Å². The summed E-state index contributed by atoms with van der Waals surface area (Å²) < 4.78 is 11.0. The Balaban J connectivity index is 0.00000180. The molecule has 0 saturated carbocycles. The fourth-order valence-electron chi connectivity index (χ4n) is 2.39. The van der Waals surface area contributed by atoms with Gasteiger partial charge in [0.25, 0.3) is 0 Å². The molecule has 0 bridgehead atoms. The Morgan fingerprint density at radius 3 is 2.26 bits per heavy atom. The van der Waals surface area contributed by atoms with Crippen LogP contribution in [0.3, 0.4) is 0 Å². The van der Waals surface area contributed by atoms with Crippen LogP contribution in [0.5, 0.6) is 5.75 Å². The molecule has 4 heteroatoms. The Morgan fingerprint density at radius 2 is 1.74 bits per heavy atom. The van der Waals surface area contributed by atoms with Gasteiger partial charge in [0.05, 0.1) is 6.10 Å². The van der Waals surface area contributed by atoms with E-state index in [0.29, 0.717) is 5.92 Å². The van der Waals surface area contributed by atoms with Crippen LogP contribution in [0.15, 0.2) is 24.3 Å². The lowest BCUT2D eigenvalue weighted by Gasteiger charge is -2.28. The summed E-state index contributed by atoms with van der Waals surface area (Å²) in [7, 11) is 0. The summed E-state index contributed by atoms with van der Waals surface area (Å²) in [4.78, 5) is 0. The maximum atomic E-state index is 6.32. The average molecular weight is 286 g/mol. The fraction of sp³-hybridized carbons (Fsp3) is 0.600. The lowest BCUT2D eigenvalue weighted by atomic mass is 9.88. The van der Waals surface area contributed by atoms with Crippen LogP contribution < -0.4 is 10.5 Å². The molecular weight excluding hydrogens is 262 g/mol. The van der Waals surface area contributed by atoms with Crippen molar-refractivity contribution < 1.29 is 9.47 Å². The number of nitrogens with two attached hydrogens (primary N) is 1. The van der Waals surface area contributed by atoms with Crippen molar-refractivity contribution in [3.63, 3.8) is 0 Å². The lowest BCUT2D eigenvalue weighted by Crippen LogP contribution is -2.27. The van der Waals surface area contributed by atoms with Crippen LogP contribution in [0.2, 0.25) is 0 Å². The van der Waals surface area contributed by atoms with E-state index in [0.717, 1.165) is 31.8 Å². The largest absolute Gasteiger partial charge is 0.491 e. The van der Waals surface area contributed by atoms with E-state index in [1.54, 1.807) is 0 Å². The minimum absolute atomic E-state index is 0. The second-order valence-corrected chi connectivity index (χ2v) is 5.21. The zero-order valence-corrected chi connectivity index (χ0v) is 12.5. The van der Waals surface area contributed by atoms with Gasteiger partial charge in [-0.05, 0) is 50.3 Å². The van der Waals surface area contributed by atoms with Crippen LogP contribution in [-0.4, -0.2) is 19.3 Å². The average Bonchev–Trinajstić information content (AvgIpc) is 2.39.